The van der Waals surface area contributed by atoms with Crippen molar-refractivity contribution in [3.05, 3.63) is 22.2 Å². The second-order valence-corrected chi connectivity index (χ2v) is 5.77. The minimum absolute atomic E-state index is 0.109. The Morgan fingerprint density at radius 2 is 2.00 bits per heavy atom. The van der Waals surface area contributed by atoms with Crippen molar-refractivity contribution in [1.82, 2.24) is 5.43 Å². The molecule has 20 heavy (non-hydrogen) atoms. The van der Waals surface area contributed by atoms with Gasteiger partial charge in [0.1, 0.15) is 0 Å². The van der Waals surface area contributed by atoms with Gasteiger partial charge in [-0.2, -0.15) is 0 Å². The predicted octanol–water partition coefficient (Wildman–Crippen LogP) is 3.06. The van der Waals surface area contributed by atoms with Crippen LogP contribution in [0.3, 0.4) is 0 Å². The van der Waals surface area contributed by atoms with Gasteiger partial charge in [-0.05, 0) is 18.1 Å². The molecule has 1 aliphatic heterocycles. The SMILES string of the molecule is CC(C)C1CC(Oc2c(Cl)cc(N)cc2Cl)=NNC1=O. The monoisotopic (exact) mass is 315 g/mol. The molecular weight excluding hydrogens is 301 g/mol. The highest BCUT2D eigenvalue weighted by Crippen LogP contribution is 2.36. The van der Waals surface area contributed by atoms with E-state index in [2.05, 4.69) is 10.5 Å². The summed E-state index contributed by atoms with van der Waals surface area (Å²) in [7, 11) is 0. The van der Waals surface area contributed by atoms with Gasteiger partial charge in [0.25, 0.3) is 0 Å². The second kappa shape index (κ2) is 5.89. The topological polar surface area (TPSA) is 76.7 Å². The highest BCUT2D eigenvalue weighted by atomic mass is 35.5. The van der Waals surface area contributed by atoms with Crippen LogP contribution < -0.4 is 15.9 Å². The van der Waals surface area contributed by atoms with Gasteiger partial charge in [0.15, 0.2) is 5.75 Å². The number of ether oxygens (including phenoxy) is 1. The van der Waals surface area contributed by atoms with Gasteiger partial charge in [-0.3, -0.25) is 4.79 Å². The van der Waals surface area contributed by atoms with Crippen LogP contribution in [0.2, 0.25) is 10.0 Å². The minimum Gasteiger partial charge on any atom is -0.438 e. The first-order valence-electron chi connectivity index (χ1n) is 6.17. The average molecular weight is 316 g/mol. The fourth-order valence-electron chi connectivity index (χ4n) is 1.92. The van der Waals surface area contributed by atoms with Crippen molar-refractivity contribution >= 4 is 40.7 Å². The maximum atomic E-state index is 11.7. The Morgan fingerprint density at radius 1 is 1.40 bits per heavy atom. The van der Waals surface area contributed by atoms with E-state index in [0.29, 0.717) is 33.8 Å². The Balaban J connectivity index is 2.21. The molecule has 108 valence electrons. The smallest absolute Gasteiger partial charge is 0.244 e. The van der Waals surface area contributed by atoms with Crippen molar-refractivity contribution in [3.8, 4) is 5.75 Å². The van der Waals surface area contributed by atoms with Crippen LogP contribution in [0.4, 0.5) is 5.69 Å². The van der Waals surface area contributed by atoms with Crippen molar-refractivity contribution in [2.75, 3.05) is 5.73 Å². The number of nitrogens with two attached hydrogens (primary N) is 1. The number of benzene rings is 1. The molecule has 1 amide bonds. The largest absolute Gasteiger partial charge is 0.438 e. The van der Waals surface area contributed by atoms with Crippen LogP contribution in [0.5, 0.6) is 5.75 Å². The molecule has 0 aliphatic carbocycles. The molecule has 7 heteroatoms. The summed E-state index contributed by atoms with van der Waals surface area (Å²) < 4.78 is 5.62. The van der Waals surface area contributed by atoms with Crippen LogP contribution in [-0.4, -0.2) is 11.8 Å². The molecule has 2 rings (SSSR count). The molecule has 1 unspecified atom stereocenters. The van der Waals surface area contributed by atoms with Crippen LogP contribution in [-0.2, 0) is 4.79 Å². The molecule has 0 radical (unpaired) electrons. The molecular formula is C13H15Cl2N3O2. The van der Waals surface area contributed by atoms with Crippen molar-refractivity contribution in [2.24, 2.45) is 16.9 Å². The van der Waals surface area contributed by atoms with Gasteiger partial charge in [0.05, 0.1) is 16.0 Å². The third-order valence-electron chi connectivity index (χ3n) is 3.07. The van der Waals surface area contributed by atoms with E-state index in [1.807, 2.05) is 13.8 Å². The molecule has 0 bridgehead atoms. The number of halogens is 2. The van der Waals surface area contributed by atoms with Crippen molar-refractivity contribution < 1.29 is 9.53 Å². The van der Waals surface area contributed by atoms with Gasteiger partial charge in [-0.25, -0.2) is 5.43 Å². The summed E-state index contributed by atoms with van der Waals surface area (Å²) in [4.78, 5) is 11.7. The van der Waals surface area contributed by atoms with Crippen molar-refractivity contribution in [2.45, 2.75) is 20.3 Å². The molecule has 1 aliphatic rings. The number of nitrogens with zero attached hydrogens (tertiary/aromatic N) is 1. The molecule has 1 aromatic carbocycles. The van der Waals surface area contributed by atoms with Gasteiger partial charge >= 0.3 is 0 Å². The number of anilines is 1. The lowest BCUT2D eigenvalue weighted by Gasteiger charge is -2.24. The minimum atomic E-state index is -0.186. The molecule has 0 saturated heterocycles. The Morgan fingerprint density at radius 3 is 2.55 bits per heavy atom. The number of nitrogen functional groups attached to an aromatic ring is 1. The lowest BCUT2D eigenvalue weighted by atomic mass is 9.91. The normalized spacial score (nSPS) is 18.8. The zero-order chi connectivity index (χ0) is 14.9. The van der Waals surface area contributed by atoms with Gasteiger partial charge in [0.2, 0.25) is 11.8 Å². The quantitative estimate of drug-likeness (QED) is 0.823. The summed E-state index contributed by atoms with van der Waals surface area (Å²) in [6.07, 6.45) is 0.403. The maximum absolute atomic E-state index is 11.7. The lowest BCUT2D eigenvalue weighted by molar-refractivity contribution is -0.126. The summed E-state index contributed by atoms with van der Waals surface area (Å²) in [5.74, 6) is 0.550. The molecule has 1 atom stereocenters. The van der Waals surface area contributed by atoms with Crippen LogP contribution in [0, 0.1) is 11.8 Å². The van der Waals surface area contributed by atoms with E-state index in [9.17, 15) is 4.79 Å². The third kappa shape index (κ3) is 3.16. The highest BCUT2D eigenvalue weighted by Gasteiger charge is 2.29. The van der Waals surface area contributed by atoms with Crippen LogP contribution in [0.25, 0.3) is 0 Å². The zero-order valence-corrected chi connectivity index (χ0v) is 12.6. The number of carbonyl (C=O) groups excluding carboxylic acids is 1. The molecule has 0 aromatic heterocycles. The van der Waals surface area contributed by atoms with E-state index < -0.39 is 0 Å². The van der Waals surface area contributed by atoms with Crippen LogP contribution >= 0.6 is 23.2 Å². The summed E-state index contributed by atoms with van der Waals surface area (Å²) in [5, 5.41) is 4.49. The molecule has 0 fully saturated rings. The third-order valence-corrected chi connectivity index (χ3v) is 3.63. The number of amides is 1. The first-order chi connectivity index (χ1) is 9.38. The Labute approximate surface area is 127 Å². The van der Waals surface area contributed by atoms with E-state index in [0.717, 1.165) is 0 Å². The number of hydrogen-bond acceptors (Lipinski definition) is 4. The van der Waals surface area contributed by atoms with Gasteiger partial charge in [0, 0.05) is 12.1 Å². The molecule has 1 heterocycles. The molecule has 0 spiro atoms. The Kier molecular flexibility index (Phi) is 4.40. The number of hydrazone groups is 1. The van der Waals surface area contributed by atoms with E-state index in [1.165, 1.54) is 0 Å². The standard InChI is InChI=1S/C13H15Cl2N3O2/c1-6(2)8-5-11(17-18-13(8)19)20-12-9(14)3-7(16)4-10(12)15/h3-4,6,8H,5,16H2,1-2H3,(H,18,19). The van der Waals surface area contributed by atoms with Gasteiger partial charge < -0.3 is 10.5 Å². The first kappa shape index (κ1) is 14.9. The van der Waals surface area contributed by atoms with E-state index in [1.54, 1.807) is 12.1 Å². The zero-order valence-electron chi connectivity index (χ0n) is 11.1. The fourth-order valence-corrected chi connectivity index (χ4v) is 2.51. The summed E-state index contributed by atoms with van der Waals surface area (Å²) in [6, 6.07) is 3.09. The van der Waals surface area contributed by atoms with Crippen LogP contribution in [0.15, 0.2) is 17.2 Å². The number of nitrogens with one attached hydrogen (secondary N) is 1. The van der Waals surface area contributed by atoms with Gasteiger partial charge in [-0.15, -0.1) is 5.10 Å². The van der Waals surface area contributed by atoms with E-state index in [-0.39, 0.29) is 17.7 Å². The van der Waals surface area contributed by atoms with Crippen molar-refractivity contribution in [1.29, 1.82) is 0 Å². The lowest BCUT2D eigenvalue weighted by Crippen LogP contribution is -2.38. The predicted molar refractivity (Wildman–Crippen MR) is 80.0 cm³/mol. The second-order valence-electron chi connectivity index (χ2n) is 4.95. The first-order valence-corrected chi connectivity index (χ1v) is 6.93. The maximum Gasteiger partial charge on any atom is 0.244 e. The summed E-state index contributed by atoms with van der Waals surface area (Å²) in [5.41, 5.74) is 8.53. The van der Waals surface area contributed by atoms with Crippen molar-refractivity contribution in [3.63, 3.8) is 0 Å². The van der Waals surface area contributed by atoms with E-state index >= 15 is 0 Å². The Hall–Kier alpha value is -1.46. The molecule has 0 saturated carbocycles. The number of hydrogen-bond donors (Lipinski definition) is 2. The fraction of sp³-hybridized carbons (Fsp3) is 0.385. The molecule has 1 aromatic rings. The summed E-state index contributed by atoms with van der Waals surface area (Å²) in [6.45, 7) is 3.94. The molecule has 5 nitrogen and oxygen atoms in total. The van der Waals surface area contributed by atoms with Gasteiger partial charge in [-0.1, -0.05) is 37.0 Å². The molecule has 3 N–H and O–H groups in total. The van der Waals surface area contributed by atoms with Crippen LogP contribution in [0.1, 0.15) is 20.3 Å². The highest BCUT2D eigenvalue weighted by molar-refractivity contribution is 6.37. The average Bonchev–Trinajstić information content (AvgIpc) is 2.35. The number of rotatable bonds is 2. The Bertz CT molecular complexity index is 550. The van der Waals surface area contributed by atoms with E-state index in [4.69, 9.17) is 33.7 Å². The summed E-state index contributed by atoms with van der Waals surface area (Å²) >= 11 is 12.1. The number of carbonyl (C=O) groups is 1.